The number of carbonyl (C=O) groups is 1. The molecule has 94 valence electrons. The summed E-state index contributed by atoms with van der Waals surface area (Å²) >= 11 is 1.63. The van der Waals surface area contributed by atoms with Gasteiger partial charge in [0.05, 0.1) is 11.6 Å². The first-order valence-corrected chi connectivity index (χ1v) is 6.87. The molecule has 0 spiro atoms. The molecule has 0 saturated heterocycles. The van der Waals surface area contributed by atoms with Gasteiger partial charge in [0.1, 0.15) is 11.3 Å². The van der Waals surface area contributed by atoms with Crippen LogP contribution in [0.2, 0.25) is 0 Å². The van der Waals surface area contributed by atoms with E-state index in [-0.39, 0.29) is 5.92 Å². The number of aromatic nitrogens is 1. The second-order valence-electron chi connectivity index (χ2n) is 4.57. The van der Waals surface area contributed by atoms with Crippen molar-refractivity contribution >= 4 is 17.6 Å². The maximum Gasteiger partial charge on any atom is 0.130 e. The van der Waals surface area contributed by atoms with E-state index in [0.29, 0.717) is 0 Å². The smallest absolute Gasteiger partial charge is 0.130 e. The molecule has 0 fully saturated rings. The molecule has 2 nitrogen and oxygen atoms in total. The van der Waals surface area contributed by atoms with Gasteiger partial charge in [-0.25, -0.2) is 4.98 Å². The first-order chi connectivity index (χ1) is 8.61. The summed E-state index contributed by atoms with van der Waals surface area (Å²) in [5.74, 6) is -0.122. The van der Waals surface area contributed by atoms with Crippen LogP contribution in [0.4, 0.5) is 0 Å². The molecule has 0 amide bonds. The normalized spacial score (nSPS) is 12.4. The summed E-state index contributed by atoms with van der Waals surface area (Å²) in [4.78, 5) is 17.0. The van der Waals surface area contributed by atoms with Crippen LogP contribution in [0, 0.1) is 20.8 Å². The molecule has 0 radical (unpaired) electrons. The van der Waals surface area contributed by atoms with E-state index in [4.69, 9.17) is 0 Å². The second-order valence-corrected chi connectivity index (χ2v) is 5.80. The third-order valence-corrected chi connectivity index (χ3v) is 4.43. The minimum atomic E-state index is -0.122. The zero-order valence-corrected chi connectivity index (χ0v) is 11.8. The lowest BCUT2D eigenvalue weighted by Gasteiger charge is -2.09. The van der Waals surface area contributed by atoms with Crippen molar-refractivity contribution < 1.29 is 4.79 Å². The Bertz CT molecular complexity index is 540. The van der Waals surface area contributed by atoms with Gasteiger partial charge < -0.3 is 4.79 Å². The summed E-state index contributed by atoms with van der Waals surface area (Å²) in [6.07, 6.45) is 1.76. The van der Waals surface area contributed by atoms with E-state index in [9.17, 15) is 4.79 Å². The molecule has 0 aliphatic rings. The van der Waals surface area contributed by atoms with Gasteiger partial charge in [0.15, 0.2) is 0 Å². The molecule has 0 bridgehead atoms. The van der Waals surface area contributed by atoms with Crippen LogP contribution in [0.25, 0.3) is 0 Å². The highest BCUT2D eigenvalue weighted by Gasteiger charge is 2.17. The summed E-state index contributed by atoms with van der Waals surface area (Å²) in [7, 11) is 0. The van der Waals surface area contributed by atoms with Crippen LogP contribution < -0.4 is 0 Å². The van der Waals surface area contributed by atoms with Gasteiger partial charge in [0.2, 0.25) is 0 Å². The third kappa shape index (κ3) is 2.67. The van der Waals surface area contributed by atoms with Crippen molar-refractivity contribution in [3.8, 4) is 0 Å². The Kier molecular flexibility index (Phi) is 3.92. The van der Waals surface area contributed by atoms with E-state index >= 15 is 0 Å². The minimum absolute atomic E-state index is 0.122. The summed E-state index contributed by atoms with van der Waals surface area (Å²) in [5, 5.41) is 0.934. The predicted molar refractivity (Wildman–Crippen MR) is 75.3 cm³/mol. The summed E-state index contributed by atoms with van der Waals surface area (Å²) in [5.41, 5.74) is 3.49. The van der Waals surface area contributed by atoms with Crippen molar-refractivity contribution in [2.75, 3.05) is 0 Å². The molecule has 2 aromatic rings. The van der Waals surface area contributed by atoms with Crippen molar-refractivity contribution in [2.24, 2.45) is 0 Å². The summed E-state index contributed by atoms with van der Waals surface area (Å²) in [6.45, 7) is 6.12. The van der Waals surface area contributed by atoms with Gasteiger partial charge in [0, 0.05) is 4.88 Å². The van der Waals surface area contributed by atoms with Crippen molar-refractivity contribution in [1.29, 1.82) is 0 Å². The Morgan fingerprint density at radius 3 is 2.56 bits per heavy atom. The Labute approximate surface area is 112 Å². The first kappa shape index (κ1) is 13.0. The number of aldehydes is 1. The molecule has 1 heterocycles. The maximum absolute atomic E-state index is 11.3. The Morgan fingerprint density at radius 1 is 1.28 bits per heavy atom. The highest BCUT2D eigenvalue weighted by atomic mass is 32.1. The Hall–Kier alpha value is -1.48. The van der Waals surface area contributed by atoms with Crippen molar-refractivity contribution in [1.82, 2.24) is 4.98 Å². The zero-order valence-electron chi connectivity index (χ0n) is 10.9. The number of hydrogen-bond acceptors (Lipinski definition) is 3. The molecule has 18 heavy (non-hydrogen) atoms. The Morgan fingerprint density at radius 2 is 2.00 bits per heavy atom. The van der Waals surface area contributed by atoms with E-state index in [1.165, 1.54) is 16.0 Å². The molecule has 3 heteroatoms. The molecule has 1 atom stereocenters. The minimum Gasteiger partial charge on any atom is -0.303 e. The molecule has 2 rings (SSSR count). The lowest BCUT2D eigenvalue weighted by molar-refractivity contribution is -0.109. The largest absolute Gasteiger partial charge is 0.303 e. The third-order valence-electron chi connectivity index (χ3n) is 3.23. The highest BCUT2D eigenvalue weighted by molar-refractivity contribution is 7.11. The van der Waals surface area contributed by atoms with Crippen LogP contribution in [0.5, 0.6) is 0 Å². The molecular formula is C15H17NOS. The quantitative estimate of drug-likeness (QED) is 0.785. The number of aryl methyl sites for hydroxylation is 3. The van der Waals surface area contributed by atoms with E-state index in [1.54, 1.807) is 11.3 Å². The van der Waals surface area contributed by atoms with Crippen molar-refractivity contribution in [2.45, 2.75) is 33.1 Å². The molecule has 1 unspecified atom stereocenters. The fourth-order valence-electron chi connectivity index (χ4n) is 1.93. The fourth-order valence-corrected chi connectivity index (χ4v) is 2.91. The SMILES string of the molecule is Cc1ccccc1CC(C=O)c1nc(C)c(C)s1. The summed E-state index contributed by atoms with van der Waals surface area (Å²) < 4.78 is 0. The average molecular weight is 259 g/mol. The van der Waals surface area contributed by atoms with E-state index in [0.717, 1.165) is 23.4 Å². The lowest BCUT2D eigenvalue weighted by atomic mass is 9.97. The average Bonchev–Trinajstić information content (AvgIpc) is 2.68. The van der Waals surface area contributed by atoms with Gasteiger partial charge in [-0.1, -0.05) is 24.3 Å². The Balaban J connectivity index is 2.25. The van der Waals surface area contributed by atoms with Crippen LogP contribution in [-0.4, -0.2) is 11.3 Å². The van der Waals surface area contributed by atoms with Gasteiger partial charge in [0.25, 0.3) is 0 Å². The molecule has 0 N–H and O–H groups in total. The van der Waals surface area contributed by atoms with Crippen LogP contribution in [0.15, 0.2) is 24.3 Å². The monoisotopic (exact) mass is 259 g/mol. The number of thiazole rings is 1. The highest BCUT2D eigenvalue weighted by Crippen LogP contribution is 2.26. The predicted octanol–water partition coefficient (Wildman–Crippen LogP) is 3.59. The van der Waals surface area contributed by atoms with Crippen molar-refractivity contribution in [3.63, 3.8) is 0 Å². The van der Waals surface area contributed by atoms with Gasteiger partial charge in [-0.15, -0.1) is 11.3 Å². The number of nitrogens with zero attached hydrogens (tertiary/aromatic N) is 1. The number of benzene rings is 1. The molecular weight excluding hydrogens is 242 g/mol. The van der Waals surface area contributed by atoms with E-state index in [2.05, 4.69) is 24.0 Å². The fraction of sp³-hybridized carbons (Fsp3) is 0.333. The second kappa shape index (κ2) is 5.44. The lowest BCUT2D eigenvalue weighted by Crippen LogP contribution is -2.05. The van der Waals surface area contributed by atoms with Gasteiger partial charge in [-0.3, -0.25) is 0 Å². The van der Waals surface area contributed by atoms with Gasteiger partial charge in [-0.2, -0.15) is 0 Å². The molecule has 1 aromatic heterocycles. The van der Waals surface area contributed by atoms with Gasteiger partial charge in [-0.05, 0) is 38.3 Å². The molecule has 0 aliphatic heterocycles. The maximum atomic E-state index is 11.3. The zero-order chi connectivity index (χ0) is 13.1. The van der Waals surface area contributed by atoms with Crippen LogP contribution in [0.1, 0.15) is 32.6 Å². The van der Waals surface area contributed by atoms with Crippen LogP contribution in [0.3, 0.4) is 0 Å². The van der Waals surface area contributed by atoms with Crippen molar-refractivity contribution in [3.05, 3.63) is 51.0 Å². The summed E-state index contributed by atoms with van der Waals surface area (Å²) in [6, 6.07) is 8.20. The molecule has 0 aliphatic carbocycles. The topological polar surface area (TPSA) is 30.0 Å². The van der Waals surface area contributed by atoms with Crippen LogP contribution in [-0.2, 0) is 11.2 Å². The molecule has 1 aromatic carbocycles. The first-order valence-electron chi connectivity index (χ1n) is 6.05. The standard InChI is InChI=1S/C15H17NOS/c1-10-6-4-5-7-13(10)8-14(9-17)15-16-11(2)12(3)18-15/h4-7,9,14H,8H2,1-3H3. The van der Waals surface area contributed by atoms with E-state index in [1.807, 2.05) is 26.0 Å². The van der Waals surface area contributed by atoms with E-state index < -0.39 is 0 Å². The van der Waals surface area contributed by atoms with Gasteiger partial charge >= 0.3 is 0 Å². The van der Waals surface area contributed by atoms with Crippen LogP contribution >= 0.6 is 11.3 Å². The number of rotatable bonds is 4. The molecule has 0 saturated carbocycles. The number of hydrogen-bond donors (Lipinski definition) is 0. The number of carbonyl (C=O) groups excluding carboxylic acids is 1.